The van der Waals surface area contributed by atoms with Crippen LogP contribution in [0.5, 0.6) is 5.75 Å². The van der Waals surface area contributed by atoms with Crippen LogP contribution in [-0.2, 0) is 30.1 Å². The molecule has 1 aromatic heterocycles. The maximum atomic E-state index is 11.4. The summed E-state index contributed by atoms with van der Waals surface area (Å²) in [6.07, 6.45) is 2.96. The molecular formula is C24H39N6O11P. The van der Waals surface area contributed by atoms with E-state index in [1.54, 1.807) is 21.7 Å². The number of carbonyl (C=O) groups is 3. The van der Waals surface area contributed by atoms with Crippen LogP contribution in [0, 0.1) is 12.8 Å². The normalized spacial score (nSPS) is 18.9. The number of hydrazine groups is 1. The van der Waals surface area contributed by atoms with E-state index in [9.17, 15) is 39.4 Å². The highest BCUT2D eigenvalue weighted by Crippen LogP contribution is 2.37. The predicted molar refractivity (Wildman–Crippen MR) is 148 cm³/mol. The number of rotatable bonds is 13. The van der Waals surface area contributed by atoms with E-state index in [2.05, 4.69) is 19.9 Å². The largest absolute Gasteiger partial charge is 0.505 e. The SMILES string of the molecule is Cc1ncc(COP(=O)(O)O)c(C=NCCN2CCN(CC(=O)O)CCN(CC(=O)O)CCC(CC(=O)O)CN2)c1O. The fourth-order valence-electron chi connectivity index (χ4n) is 4.28. The number of phosphoric acid groups is 1. The Morgan fingerprint density at radius 3 is 2.29 bits per heavy atom. The Kier molecular flexibility index (Phi) is 14.4. The van der Waals surface area contributed by atoms with Crippen LogP contribution < -0.4 is 5.43 Å². The van der Waals surface area contributed by atoms with Crippen molar-refractivity contribution in [3.8, 4) is 5.75 Å². The molecule has 236 valence electrons. The molecule has 0 spiro atoms. The molecule has 0 saturated carbocycles. The van der Waals surface area contributed by atoms with Crippen molar-refractivity contribution in [2.45, 2.75) is 26.4 Å². The molecule has 1 aliphatic heterocycles. The number of carboxylic acid groups (broad SMARTS) is 3. The number of phosphoric ester groups is 1. The Balaban J connectivity index is 2.16. The van der Waals surface area contributed by atoms with Gasteiger partial charge in [0, 0.05) is 69.2 Å². The highest BCUT2D eigenvalue weighted by atomic mass is 31.2. The van der Waals surface area contributed by atoms with Gasteiger partial charge in [-0.3, -0.25) is 44.1 Å². The molecule has 1 aromatic rings. The molecule has 1 atom stereocenters. The molecular weight excluding hydrogens is 579 g/mol. The summed E-state index contributed by atoms with van der Waals surface area (Å²) in [7, 11) is -4.76. The van der Waals surface area contributed by atoms with Crippen molar-refractivity contribution >= 4 is 31.9 Å². The molecule has 0 radical (unpaired) electrons. The summed E-state index contributed by atoms with van der Waals surface area (Å²) < 4.78 is 15.6. The van der Waals surface area contributed by atoms with Crippen LogP contribution in [0.2, 0.25) is 0 Å². The highest BCUT2D eigenvalue weighted by molar-refractivity contribution is 7.46. The Bertz CT molecular complexity index is 1120. The lowest BCUT2D eigenvalue weighted by atomic mass is 10.0. The van der Waals surface area contributed by atoms with E-state index in [0.717, 1.165) is 0 Å². The van der Waals surface area contributed by atoms with Gasteiger partial charge >= 0.3 is 25.7 Å². The summed E-state index contributed by atoms with van der Waals surface area (Å²) in [5.74, 6) is -3.54. The minimum absolute atomic E-state index is 0.120. The zero-order chi connectivity index (χ0) is 31.3. The highest BCUT2D eigenvalue weighted by Gasteiger charge is 2.21. The van der Waals surface area contributed by atoms with Crippen molar-refractivity contribution in [2.24, 2.45) is 10.9 Å². The number of aliphatic imine (C=N–C) groups is 1. The van der Waals surface area contributed by atoms with E-state index >= 15 is 0 Å². The third-order valence-electron chi connectivity index (χ3n) is 6.52. The molecule has 0 amide bonds. The lowest BCUT2D eigenvalue weighted by Crippen LogP contribution is -2.49. The van der Waals surface area contributed by atoms with E-state index in [1.165, 1.54) is 12.4 Å². The minimum atomic E-state index is -4.76. The van der Waals surface area contributed by atoms with Crippen LogP contribution in [0.25, 0.3) is 0 Å². The predicted octanol–water partition coefficient (Wildman–Crippen LogP) is -0.802. The number of aryl methyl sites for hydroxylation is 1. The second-order valence-corrected chi connectivity index (χ2v) is 11.1. The number of hydrogen-bond acceptors (Lipinski definition) is 12. The van der Waals surface area contributed by atoms with Gasteiger partial charge in [-0.2, -0.15) is 0 Å². The lowest BCUT2D eigenvalue weighted by Gasteiger charge is -2.32. The van der Waals surface area contributed by atoms with E-state index in [-0.39, 0.29) is 61.1 Å². The minimum Gasteiger partial charge on any atom is -0.505 e. The van der Waals surface area contributed by atoms with Crippen LogP contribution in [0.1, 0.15) is 29.7 Å². The first-order chi connectivity index (χ1) is 19.7. The Morgan fingerprint density at radius 1 is 1.07 bits per heavy atom. The van der Waals surface area contributed by atoms with E-state index < -0.39 is 32.3 Å². The van der Waals surface area contributed by atoms with E-state index in [0.29, 0.717) is 45.7 Å². The Hall–Kier alpha value is -3.02. The summed E-state index contributed by atoms with van der Waals surface area (Å²) in [5, 5.41) is 40.2. The lowest BCUT2D eigenvalue weighted by molar-refractivity contribution is -0.140. The van der Waals surface area contributed by atoms with Crippen LogP contribution in [0.4, 0.5) is 0 Å². The molecule has 42 heavy (non-hydrogen) atoms. The van der Waals surface area contributed by atoms with Gasteiger partial charge in [0.2, 0.25) is 0 Å². The van der Waals surface area contributed by atoms with Gasteiger partial charge in [0.1, 0.15) is 5.75 Å². The van der Waals surface area contributed by atoms with Crippen molar-refractivity contribution < 1.29 is 53.7 Å². The van der Waals surface area contributed by atoms with Gasteiger partial charge in [-0.1, -0.05) is 0 Å². The number of aliphatic carboxylic acids is 3. The molecule has 2 heterocycles. The number of pyridine rings is 1. The molecule has 17 nitrogen and oxygen atoms in total. The molecule has 7 N–H and O–H groups in total. The third kappa shape index (κ3) is 13.8. The van der Waals surface area contributed by atoms with Crippen molar-refractivity contribution in [2.75, 3.05) is 65.4 Å². The molecule has 1 fully saturated rings. The van der Waals surface area contributed by atoms with Crippen molar-refractivity contribution in [3.63, 3.8) is 0 Å². The maximum Gasteiger partial charge on any atom is 0.469 e. The molecule has 2 rings (SSSR count). The van der Waals surface area contributed by atoms with Crippen molar-refractivity contribution in [1.29, 1.82) is 0 Å². The van der Waals surface area contributed by atoms with Gasteiger partial charge in [-0.05, 0) is 25.8 Å². The van der Waals surface area contributed by atoms with Crippen LogP contribution >= 0.6 is 7.82 Å². The number of carboxylic acids is 3. The number of hydrogen-bond donors (Lipinski definition) is 7. The van der Waals surface area contributed by atoms with Crippen LogP contribution in [-0.4, -0.2) is 140 Å². The van der Waals surface area contributed by atoms with Crippen molar-refractivity contribution in [3.05, 3.63) is 23.0 Å². The second kappa shape index (κ2) is 17.2. The Morgan fingerprint density at radius 2 is 1.69 bits per heavy atom. The number of aromatic hydroxyl groups is 1. The molecule has 0 aliphatic carbocycles. The fraction of sp³-hybridized carbons (Fsp3) is 0.625. The first-order valence-electron chi connectivity index (χ1n) is 13.2. The van der Waals surface area contributed by atoms with Gasteiger partial charge in [-0.25, -0.2) is 9.57 Å². The van der Waals surface area contributed by atoms with Gasteiger partial charge in [0.25, 0.3) is 0 Å². The standard InChI is InChI=1S/C24H39N6O11P/c1-17-24(37)20(19(12-26-17)16-41-42(38,39)40)13-25-3-5-30-9-8-29(15-23(35)36)7-6-28(14-22(33)34)4-2-18(11-27-30)10-21(31)32/h12-13,18,27,37H,2-11,14-16H2,1H3,(H,31,32)(H,33,34)(H,35,36)(H2,38,39,40). The van der Waals surface area contributed by atoms with E-state index in [1.807, 2.05) is 0 Å². The molecule has 0 bridgehead atoms. The van der Waals surface area contributed by atoms with Crippen LogP contribution in [0.3, 0.4) is 0 Å². The average molecular weight is 619 g/mol. The monoisotopic (exact) mass is 618 g/mol. The van der Waals surface area contributed by atoms with Gasteiger partial charge < -0.3 is 30.2 Å². The molecule has 1 aliphatic rings. The third-order valence-corrected chi connectivity index (χ3v) is 6.99. The van der Waals surface area contributed by atoms with Gasteiger partial charge in [-0.15, -0.1) is 0 Å². The topological polar surface area (TPSA) is 246 Å². The summed E-state index contributed by atoms with van der Waals surface area (Å²) >= 11 is 0. The van der Waals surface area contributed by atoms with Crippen LogP contribution in [0.15, 0.2) is 11.2 Å². The molecule has 1 unspecified atom stereocenters. The summed E-state index contributed by atoms with van der Waals surface area (Å²) in [6, 6.07) is 0. The zero-order valence-corrected chi connectivity index (χ0v) is 24.2. The first-order valence-corrected chi connectivity index (χ1v) is 14.7. The van der Waals surface area contributed by atoms with Gasteiger partial charge in [0.05, 0.1) is 31.9 Å². The average Bonchev–Trinajstić information content (AvgIpc) is 2.87. The summed E-state index contributed by atoms with van der Waals surface area (Å²) in [6.45, 7) is 2.98. The van der Waals surface area contributed by atoms with Gasteiger partial charge in [0.15, 0.2) is 0 Å². The van der Waals surface area contributed by atoms with Crippen molar-refractivity contribution in [1.82, 2.24) is 25.2 Å². The summed E-state index contributed by atoms with van der Waals surface area (Å²) in [4.78, 5) is 63.9. The number of aromatic nitrogens is 1. The molecule has 0 aromatic carbocycles. The van der Waals surface area contributed by atoms with E-state index in [4.69, 9.17) is 9.79 Å². The molecule has 1 saturated heterocycles. The smallest absolute Gasteiger partial charge is 0.469 e. The fourth-order valence-corrected chi connectivity index (χ4v) is 4.59. The Labute approximate surface area is 242 Å². The first kappa shape index (κ1) is 35.2. The quantitative estimate of drug-likeness (QED) is 0.106. The second-order valence-electron chi connectivity index (χ2n) is 9.87. The molecule has 18 heteroatoms. The maximum absolute atomic E-state index is 11.4. The zero-order valence-electron chi connectivity index (χ0n) is 23.3. The number of nitrogens with zero attached hydrogens (tertiary/aromatic N) is 5. The summed E-state index contributed by atoms with van der Waals surface area (Å²) in [5.41, 5.74) is 3.90. The number of nitrogens with one attached hydrogen (secondary N) is 1.